The van der Waals surface area contributed by atoms with Gasteiger partial charge in [-0.3, -0.25) is 4.79 Å². The van der Waals surface area contributed by atoms with Gasteiger partial charge in [0.2, 0.25) is 15.9 Å². The summed E-state index contributed by atoms with van der Waals surface area (Å²) in [6.45, 7) is 0.178. The van der Waals surface area contributed by atoms with Crippen molar-refractivity contribution in [2.75, 3.05) is 19.0 Å². The predicted molar refractivity (Wildman–Crippen MR) is 94.9 cm³/mol. The van der Waals surface area contributed by atoms with Crippen molar-refractivity contribution in [3.05, 3.63) is 54.3 Å². The molecule has 138 valence electrons. The first kappa shape index (κ1) is 18.3. The maximum Gasteiger partial charge on any atom is 0.246 e. The highest BCUT2D eigenvalue weighted by Crippen LogP contribution is 2.28. The van der Waals surface area contributed by atoms with Crippen molar-refractivity contribution >= 4 is 21.6 Å². The van der Waals surface area contributed by atoms with E-state index < -0.39 is 32.7 Å². The molecule has 1 aliphatic rings. The van der Waals surface area contributed by atoms with Gasteiger partial charge in [0.15, 0.2) is 0 Å². The Morgan fingerprint density at radius 2 is 1.88 bits per heavy atom. The van der Waals surface area contributed by atoms with Gasteiger partial charge in [0.05, 0.1) is 7.11 Å². The molecule has 8 heteroatoms. The van der Waals surface area contributed by atoms with Crippen LogP contribution in [0.4, 0.5) is 10.1 Å². The van der Waals surface area contributed by atoms with Crippen molar-refractivity contribution in [2.24, 2.45) is 0 Å². The number of carbonyl (C=O) groups excluding carboxylic acids is 1. The molecular weight excluding hydrogens is 359 g/mol. The van der Waals surface area contributed by atoms with E-state index in [0.717, 1.165) is 10.4 Å². The molecule has 3 rings (SSSR count). The molecule has 0 spiro atoms. The van der Waals surface area contributed by atoms with E-state index in [1.54, 1.807) is 24.3 Å². The number of benzene rings is 2. The van der Waals surface area contributed by atoms with Crippen LogP contribution in [0, 0.1) is 5.82 Å². The molecule has 1 unspecified atom stereocenters. The highest BCUT2D eigenvalue weighted by atomic mass is 32.2. The Kier molecular flexibility index (Phi) is 5.24. The van der Waals surface area contributed by atoms with Crippen LogP contribution in [0.15, 0.2) is 53.4 Å². The molecule has 6 nitrogen and oxygen atoms in total. The first-order valence-corrected chi connectivity index (χ1v) is 9.59. The molecule has 1 aliphatic heterocycles. The zero-order chi connectivity index (χ0) is 18.7. The van der Waals surface area contributed by atoms with E-state index in [4.69, 9.17) is 4.74 Å². The number of carbonyl (C=O) groups is 1. The van der Waals surface area contributed by atoms with Crippen molar-refractivity contribution < 1.29 is 22.3 Å². The van der Waals surface area contributed by atoms with Crippen LogP contribution in [0.3, 0.4) is 0 Å². The molecule has 0 bridgehead atoms. The molecule has 1 fully saturated rings. The molecular formula is C18H19FN2O4S. The molecule has 2 aromatic carbocycles. The molecule has 0 saturated carbocycles. The zero-order valence-corrected chi connectivity index (χ0v) is 15.0. The van der Waals surface area contributed by atoms with Gasteiger partial charge in [-0.2, -0.15) is 4.31 Å². The number of nitrogens with one attached hydrogen (secondary N) is 1. The summed E-state index contributed by atoms with van der Waals surface area (Å²) in [6.07, 6.45) is 0.921. The Morgan fingerprint density at radius 1 is 1.19 bits per heavy atom. The Hall–Kier alpha value is -2.45. The third-order valence-corrected chi connectivity index (χ3v) is 6.23. The van der Waals surface area contributed by atoms with Crippen LogP contribution in [0.2, 0.25) is 0 Å². The Balaban J connectivity index is 1.81. The minimum absolute atomic E-state index is 0.178. The maximum atomic E-state index is 14.0. The van der Waals surface area contributed by atoms with Gasteiger partial charge < -0.3 is 10.1 Å². The minimum atomic E-state index is -4.09. The summed E-state index contributed by atoms with van der Waals surface area (Å²) >= 11 is 0. The average molecular weight is 378 g/mol. The molecule has 0 aromatic heterocycles. The number of rotatable bonds is 5. The average Bonchev–Trinajstić information content (AvgIpc) is 3.13. The van der Waals surface area contributed by atoms with Gasteiger partial charge >= 0.3 is 0 Å². The fourth-order valence-electron chi connectivity index (χ4n) is 2.97. The van der Waals surface area contributed by atoms with Crippen LogP contribution in [-0.4, -0.2) is 38.3 Å². The van der Waals surface area contributed by atoms with E-state index >= 15 is 0 Å². The number of ether oxygens (including phenoxy) is 1. The third kappa shape index (κ3) is 3.56. The lowest BCUT2D eigenvalue weighted by atomic mass is 10.2. The lowest BCUT2D eigenvalue weighted by Gasteiger charge is -2.23. The van der Waals surface area contributed by atoms with Crippen LogP contribution >= 0.6 is 0 Å². The number of amides is 1. The summed E-state index contributed by atoms with van der Waals surface area (Å²) in [7, 11) is -2.55. The number of hydrogen-bond acceptors (Lipinski definition) is 4. The summed E-state index contributed by atoms with van der Waals surface area (Å²) < 4.78 is 45.7. The van der Waals surface area contributed by atoms with Crippen molar-refractivity contribution in [3.63, 3.8) is 0 Å². The van der Waals surface area contributed by atoms with Crippen LogP contribution in [-0.2, 0) is 14.8 Å². The second-order valence-corrected chi connectivity index (χ2v) is 7.78. The highest BCUT2D eigenvalue weighted by molar-refractivity contribution is 7.89. The molecule has 1 saturated heterocycles. The summed E-state index contributed by atoms with van der Waals surface area (Å²) in [5.74, 6) is -0.617. The summed E-state index contributed by atoms with van der Waals surface area (Å²) in [6, 6.07) is 11.0. The lowest BCUT2D eigenvalue weighted by molar-refractivity contribution is -0.119. The van der Waals surface area contributed by atoms with Gasteiger partial charge in [-0.15, -0.1) is 0 Å². The highest BCUT2D eigenvalue weighted by Gasteiger charge is 2.40. The van der Waals surface area contributed by atoms with Gasteiger partial charge in [0.25, 0.3) is 0 Å². The maximum absolute atomic E-state index is 14.0. The monoisotopic (exact) mass is 378 g/mol. The van der Waals surface area contributed by atoms with Crippen molar-refractivity contribution in [3.8, 4) is 5.75 Å². The largest absolute Gasteiger partial charge is 0.497 e. The van der Waals surface area contributed by atoms with Crippen LogP contribution in [0.25, 0.3) is 0 Å². The van der Waals surface area contributed by atoms with Gasteiger partial charge in [-0.1, -0.05) is 12.1 Å². The molecule has 1 amide bonds. The number of halogens is 1. The molecule has 2 aromatic rings. The number of hydrogen-bond donors (Lipinski definition) is 1. The normalized spacial score (nSPS) is 17.8. The second kappa shape index (κ2) is 7.43. The Labute approximate surface area is 151 Å². The first-order valence-electron chi connectivity index (χ1n) is 8.15. The van der Waals surface area contributed by atoms with Crippen molar-refractivity contribution in [1.82, 2.24) is 4.31 Å². The van der Waals surface area contributed by atoms with E-state index in [-0.39, 0.29) is 6.54 Å². The Morgan fingerprint density at radius 3 is 2.54 bits per heavy atom. The number of sulfonamides is 1. The molecule has 1 heterocycles. The van der Waals surface area contributed by atoms with E-state index in [9.17, 15) is 17.6 Å². The second-order valence-electron chi connectivity index (χ2n) is 5.92. The topological polar surface area (TPSA) is 75.7 Å². The third-order valence-electron chi connectivity index (χ3n) is 4.29. The fourth-order valence-corrected chi connectivity index (χ4v) is 4.69. The number of nitrogens with zero attached hydrogens (tertiary/aromatic N) is 1. The predicted octanol–water partition coefficient (Wildman–Crippen LogP) is 2.63. The van der Waals surface area contributed by atoms with Gasteiger partial charge in [-0.25, -0.2) is 12.8 Å². The van der Waals surface area contributed by atoms with Crippen LogP contribution < -0.4 is 10.1 Å². The quantitative estimate of drug-likeness (QED) is 0.868. The Bertz CT molecular complexity index is 900. The summed E-state index contributed by atoms with van der Waals surface area (Å²) in [4.78, 5) is 12.2. The minimum Gasteiger partial charge on any atom is -0.497 e. The van der Waals surface area contributed by atoms with Crippen molar-refractivity contribution in [2.45, 2.75) is 23.8 Å². The zero-order valence-electron chi connectivity index (χ0n) is 14.2. The van der Waals surface area contributed by atoms with Gasteiger partial charge in [0.1, 0.15) is 22.5 Å². The smallest absolute Gasteiger partial charge is 0.246 e. The van der Waals surface area contributed by atoms with Crippen molar-refractivity contribution in [1.29, 1.82) is 0 Å². The van der Waals surface area contributed by atoms with E-state index in [1.165, 1.54) is 25.3 Å². The fraction of sp³-hybridized carbons (Fsp3) is 0.278. The molecule has 26 heavy (non-hydrogen) atoms. The lowest BCUT2D eigenvalue weighted by Crippen LogP contribution is -2.43. The van der Waals surface area contributed by atoms with Gasteiger partial charge in [0, 0.05) is 12.2 Å². The SMILES string of the molecule is COc1ccc(NC(=O)C2CCCN2S(=O)(=O)c2ccccc2F)cc1. The summed E-state index contributed by atoms with van der Waals surface area (Å²) in [5, 5.41) is 2.71. The standard InChI is InChI=1S/C18H19FN2O4S/c1-25-14-10-8-13(9-11-14)20-18(22)16-6-4-12-21(16)26(23,24)17-7-3-2-5-15(17)19/h2-3,5,7-11,16H,4,6,12H2,1H3,(H,20,22). The van der Waals surface area contributed by atoms with Gasteiger partial charge in [-0.05, 0) is 49.2 Å². The van der Waals surface area contributed by atoms with E-state index in [1.807, 2.05) is 0 Å². The molecule has 0 radical (unpaired) electrons. The van der Waals surface area contributed by atoms with E-state index in [0.29, 0.717) is 24.3 Å². The van der Waals surface area contributed by atoms with Crippen LogP contribution in [0.5, 0.6) is 5.75 Å². The summed E-state index contributed by atoms with van der Waals surface area (Å²) in [5.41, 5.74) is 0.533. The van der Waals surface area contributed by atoms with E-state index in [2.05, 4.69) is 5.32 Å². The molecule has 1 N–H and O–H groups in total. The molecule has 1 atom stereocenters. The number of methoxy groups -OCH3 is 1. The van der Waals surface area contributed by atoms with Crippen LogP contribution in [0.1, 0.15) is 12.8 Å². The molecule has 0 aliphatic carbocycles. The first-order chi connectivity index (χ1) is 12.4. The number of anilines is 1.